The molecule has 0 spiro atoms. The van der Waals surface area contributed by atoms with Gasteiger partial charge < -0.3 is 14.2 Å². The Balaban J connectivity index is 1.67. The fourth-order valence-corrected chi connectivity index (χ4v) is 6.52. The van der Waals surface area contributed by atoms with Crippen LogP contribution in [0.15, 0.2) is 23.5 Å². The average Bonchev–Trinajstić information content (AvgIpc) is 3.00. The zero-order valence-corrected chi connectivity index (χ0v) is 17.0. The van der Waals surface area contributed by atoms with Gasteiger partial charge in [-0.2, -0.15) is 0 Å². The molecule has 4 aliphatic rings. The van der Waals surface area contributed by atoms with Gasteiger partial charge in [0.2, 0.25) is 0 Å². The van der Waals surface area contributed by atoms with Crippen molar-refractivity contribution < 1.29 is 23.8 Å². The maximum Gasteiger partial charge on any atom is 0.338 e. The first-order valence-electron chi connectivity index (χ1n) is 10.1. The van der Waals surface area contributed by atoms with Crippen molar-refractivity contribution in [2.75, 3.05) is 0 Å². The predicted octanol–water partition coefficient (Wildman–Crippen LogP) is 4.27. The molecule has 2 saturated carbocycles. The minimum atomic E-state index is -0.764. The fraction of sp³-hybridized carbons (Fsp3) is 0.727. The largest absolute Gasteiger partial charge is 0.458 e. The summed E-state index contributed by atoms with van der Waals surface area (Å²) >= 11 is 0. The number of carbonyl (C=O) groups is 2. The number of hydrogen-bond acceptors (Lipinski definition) is 5. The lowest BCUT2D eigenvalue weighted by atomic mass is 9.45. The standard InChI is InChI=1S/C22H30O5/c1-13-11-16(26-18(13)23)25-12-14-17-21(4)9-6-8-20(2,3)15(21)7-10-22(17,5)27-19(14)24/h11-12,15-17H,6-10H2,1-5H3/b14-12+/t15-,16?,17+,21-,22+/m0/s1. The topological polar surface area (TPSA) is 61.8 Å². The third-order valence-corrected chi connectivity index (χ3v) is 7.61. The molecule has 3 fully saturated rings. The molecule has 2 aliphatic heterocycles. The summed E-state index contributed by atoms with van der Waals surface area (Å²) in [5, 5.41) is 0. The van der Waals surface area contributed by atoms with Crippen molar-refractivity contribution in [3.05, 3.63) is 23.5 Å². The van der Waals surface area contributed by atoms with Crippen LogP contribution in [0.3, 0.4) is 0 Å². The van der Waals surface area contributed by atoms with E-state index in [2.05, 4.69) is 27.7 Å². The number of ether oxygens (including phenoxy) is 3. The Morgan fingerprint density at radius 3 is 2.52 bits per heavy atom. The lowest BCUT2D eigenvalue weighted by molar-refractivity contribution is -0.164. The number of fused-ring (bicyclic) bond motifs is 3. The molecule has 5 nitrogen and oxygen atoms in total. The first-order chi connectivity index (χ1) is 12.6. The quantitative estimate of drug-likeness (QED) is 0.410. The van der Waals surface area contributed by atoms with E-state index < -0.39 is 11.9 Å². The molecule has 5 heteroatoms. The molecular weight excluding hydrogens is 344 g/mol. The third kappa shape index (κ3) is 2.73. The molecule has 0 N–H and O–H groups in total. The van der Waals surface area contributed by atoms with E-state index in [9.17, 15) is 9.59 Å². The van der Waals surface area contributed by atoms with Gasteiger partial charge in [0.1, 0.15) is 5.60 Å². The first kappa shape index (κ1) is 18.6. The molecule has 0 aromatic carbocycles. The second kappa shape index (κ2) is 5.86. The van der Waals surface area contributed by atoms with E-state index in [0.29, 0.717) is 17.1 Å². The molecule has 1 saturated heterocycles. The SMILES string of the molecule is CC1=CC(O/C=C2/C(=O)O[C@]3(C)CC[C@H]4C(C)(C)CCC[C@]4(C)[C@@H]23)OC1=O. The van der Waals surface area contributed by atoms with Gasteiger partial charge in [-0.15, -0.1) is 0 Å². The van der Waals surface area contributed by atoms with E-state index in [1.807, 2.05) is 0 Å². The molecule has 5 atom stereocenters. The summed E-state index contributed by atoms with van der Waals surface area (Å²) < 4.78 is 16.7. The lowest BCUT2D eigenvalue weighted by Gasteiger charge is -2.59. The molecule has 1 unspecified atom stereocenters. The molecule has 2 aliphatic carbocycles. The minimum absolute atomic E-state index is 0.00185. The van der Waals surface area contributed by atoms with Crippen LogP contribution >= 0.6 is 0 Å². The van der Waals surface area contributed by atoms with E-state index in [1.165, 1.54) is 12.7 Å². The van der Waals surface area contributed by atoms with Crippen LogP contribution in [0.4, 0.5) is 0 Å². The highest BCUT2D eigenvalue weighted by Crippen LogP contribution is 2.66. The normalized spacial score (nSPS) is 44.3. The minimum Gasteiger partial charge on any atom is -0.458 e. The van der Waals surface area contributed by atoms with Crippen LogP contribution in [-0.4, -0.2) is 23.8 Å². The van der Waals surface area contributed by atoms with E-state index in [1.54, 1.807) is 13.0 Å². The Kier molecular flexibility index (Phi) is 4.03. The summed E-state index contributed by atoms with van der Waals surface area (Å²) in [4.78, 5) is 24.3. The highest BCUT2D eigenvalue weighted by molar-refractivity contribution is 5.92. The Morgan fingerprint density at radius 2 is 1.85 bits per heavy atom. The maximum atomic E-state index is 12.8. The highest BCUT2D eigenvalue weighted by atomic mass is 16.7. The van der Waals surface area contributed by atoms with E-state index >= 15 is 0 Å². The zero-order valence-electron chi connectivity index (χ0n) is 17.0. The van der Waals surface area contributed by atoms with Gasteiger partial charge in [-0.3, -0.25) is 0 Å². The molecule has 0 aromatic rings. The summed E-state index contributed by atoms with van der Waals surface area (Å²) in [7, 11) is 0. The Morgan fingerprint density at radius 1 is 1.11 bits per heavy atom. The van der Waals surface area contributed by atoms with E-state index in [0.717, 1.165) is 25.7 Å². The summed E-state index contributed by atoms with van der Waals surface area (Å²) in [6, 6.07) is 0. The van der Waals surface area contributed by atoms with Crippen molar-refractivity contribution in [3.63, 3.8) is 0 Å². The van der Waals surface area contributed by atoms with Gasteiger partial charge in [-0.1, -0.05) is 27.2 Å². The van der Waals surface area contributed by atoms with E-state index in [-0.39, 0.29) is 28.7 Å². The molecule has 0 aromatic heterocycles. The first-order valence-corrected chi connectivity index (χ1v) is 10.1. The van der Waals surface area contributed by atoms with Gasteiger partial charge in [0.05, 0.1) is 11.8 Å². The lowest BCUT2D eigenvalue weighted by Crippen LogP contribution is -2.56. The molecule has 2 heterocycles. The Hall–Kier alpha value is -1.78. The number of esters is 2. The number of carbonyl (C=O) groups excluding carboxylic acids is 2. The van der Waals surface area contributed by atoms with Crippen LogP contribution < -0.4 is 0 Å². The molecule has 0 radical (unpaired) electrons. The van der Waals surface area contributed by atoms with Gasteiger partial charge in [0.25, 0.3) is 6.29 Å². The zero-order chi connectivity index (χ0) is 19.6. The molecule has 0 bridgehead atoms. The van der Waals surface area contributed by atoms with Crippen LogP contribution in [0.1, 0.15) is 66.7 Å². The van der Waals surface area contributed by atoms with Crippen LogP contribution in [0.2, 0.25) is 0 Å². The van der Waals surface area contributed by atoms with Gasteiger partial charge >= 0.3 is 11.9 Å². The van der Waals surface area contributed by atoms with Crippen molar-refractivity contribution in [1.29, 1.82) is 0 Å². The van der Waals surface area contributed by atoms with Crippen molar-refractivity contribution in [1.82, 2.24) is 0 Å². The van der Waals surface area contributed by atoms with Gasteiger partial charge in [-0.05, 0) is 56.3 Å². The summed E-state index contributed by atoms with van der Waals surface area (Å²) in [5.41, 5.74) is 0.886. The van der Waals surface area contributed by atoms with Gasteiger partial charge in [0, 0.05) is 17.6 Å². The third-order valence-electron chi connectivity index (χ3n) is 7.61. The Labute approximate surface area is 161 Å². The van der Waals surface area contributed by atoms with Crippen LogP contribution in [-0.2, 0) is 23.8 Å². The maximum absolute atomic E-state index is 12.8. The van der Waals surface area contributed by atoms with Crippen molar-refractivity contribution >= 4 is 11.9 Å². The van der Waals surface area contributed by atoms with Crippen LogP contribution in [0.5, 0.6) is 0 Å². The highest BCUT2D eigenvalue weighted by Gasteiger charge is 2.65. The molecular formula is C22H30O5. The van der Waals surface area contributed by atoms with Crippen molar-refractivity contribution in [2.24, 2.45) is 22.7 Å². The summed E-state index contributed by atoms with van der Waals surface area (Å²) in [5.74, 6) is -0.132. The molecule has 4 rings (SSSR count). The molecule has 27 heavy (non-hydrogen) atoms. The molecule has 148 valence electrons. The van der Waals surface area contributed by atoms with Crippen molar-refractivity contribution in [3.8, 4) is 0 Å². The van der Waals surface area contributed by atoms with Gasteiger partial charge in [-0.25, -0.2) is 9.59 Å². The van der Waals surface area contributed by atoms with Crippen LogP contribution in [0, 0.1) is 22.7 Å². The van der Waals surface area contributed by atoms with Gasteiger partial charge in [0.15, 0.2) is 0 Å². The summed E-state index contributed by atoms with van der Waals surface area (Å²) in [6.45, 7) is 10.8. The van der Waals surface area contributed by atoms with Crippen LogP contribution in [0.25, 0.3) is 0 Å². The Bertz CT molecular complexity index is 748. The number of rotatable bonds is 2. The average molecular weight is 374 g/mol. The smallest absolute Gasteiger partial charge is 0.338 e. The number of hydrogen-bond donors (Lipinski definition) is 0. The number of cyclic esters (lactones) is 1. The monoisotopic (exact) mass is 374 g/mol. The summed E-state index contributed by atoms with van der Waals surface area (Å²) in [6.07, 6.45) is 7.81. The van der Waals surface area contributed by atoms with E-state index in [4.69, 9.17) is 14.2 Å². The molecule has 0 amide bonds. The second-order valence-electron chi connectivity index (χ2n) is 9.91. The fourth-order valence-electron chi connectivity index (χ4n) is 6.52. The predicted molar refractivity (Wildman–Crippen MR) is 99.3 cm³/mol. The van der Waals surface area contributed by atoms with Crippen molar-refractivity contribution in [2.45, 2.75) is 78.6 Å². The second-order valence-corrected chi connectivity index (χ2v) is 9.91.